The van der Waals surface area contributed by atoms with Gasteiger partial charge in [0, 0.05) is 17.0 Å². The van der Waals surface area contributed by atoms with Crippen molar-refractivity contribution in [2.45, 2.75) is 46.5 Å². The van der Waals surface area contributed by atoms with Gasteiger partial charge in [0.25, 0.3) is 5.69 Å². The molecular weight excluding hydrogens is 398 g/mol. The van der Waals surface area contributed by atoms with Gasteiger partial charge in [-0.1, -0.05) is 27.2 Å². The van der Waals surface area contributed by atoms with Crippen LogP contribution in [0.5, 0.6) is 0 Å². The van der Waals surface area contributed by atoms with Crippen molar-refractivity contribution >= 4 is 39.3 Å². The molecule has 0 aliphatic heterocycles. The number of thiophene rings is 1. The van der Waals surface area contributed by atoms with Gasteiger partial charge in [0.1, 0.15) is 11.2 Å². The van der Waals surface area contributed by atoms with E-state index in [1.807, 2.05) is 0 Å². The molecule has 0 amide bonds. The number of nitrogens with one attached hydrogen (secondary N) is 1. The Hall–Kier alpha value is -2.87. The van der Waals surface area contributed by atoms with Crippen LogP contribution in [0.15, 0.2) is 35.7 Å². The van der Waals surface area contributed by atoms with E-state index in [2.05, 4.69) is 41.3 Å². The second kappa shape index (κ2) is 8.10. The van der Waals surface area contributed by atoms with Crippen molar-refractivity contribution in [1.29, 1.82) is 0 Å². The standard InChI is InChI=1S/C22H25N5O2S/c1-4-22(2,3)15-7-10-18-17(11-15)19-20(23-13-24-21(19)30-18)26-25-12-14-5-8-16(9-6-14)27(28)29/h5-6,8-9,12-13,15H,4,7,10-11H2,1-3H3,(H,23,24,26)/b25-12-/t15-/m1/s1. The summed E-state index contributed by atoms with van der Waals surface area (Å²) in [6.45, 7) is 6.99. The van der Waals surface area contributed by atoms with Crippen molar-refractivity contribution in [3.63, 3.8) is 0 Å². The fraction of sp³-hybridized carbons (Fsp3) is 0.409. The summed E-state index contributed by atoms with van der Waals surface area (Å²) in [6.07, 6.45) is 7.73. The lowest BCUT2D eigenvalue weighted by Gasteiger charge is -2.36. The third-order valence-corrected chi connectivity index (χ3v) is 7.55. The first-order chi connectivity index (χ1) is 14.4. The van der Waals surface area contributed by atoms with Crippen LogP contribution in [-0.2, 0) is 12.8 Å². The van der Waals surface area contributed by atoms with Crippen molar-refractivity contribution in [3.8, 4) is 0 Å². The number of benzene rings is 1. The van der Waals surface area contributed by atoms with E-state index in [-0.39, 0.29) is 5.69 Å². The van der Waals surface area contributed by atoms with Gasteiger partial charge in [0.15, 0.2) is 5.82 Å². The topological polar surface area (TPSA) is 93.3 Å². The highest BCUT2D eigenvalue weighted by Crippen LogP contribution is 2.45. The van der Waals surface area contributed by atoms with Crippen molar-refractivity contribution in [2.24, 2.45) is 16.4 Å². The van der Waals surface area contributed by atoms with Crippen LogP contribution < -0.4 is 5.43 Å². The van der Waals surface area contributed by atoms with Gasteiger partial charge >= 0.3 is 0 Å². The molecule has 7 nitrogen and oxygen atoms in total. The van der Waals surface area contributed by atoms with E-state index in [0.29, 0.717) is 17.2 Å². The normalized spacial score (nSPS) is 16.7. The molecule has 1 atom stereocenters. The Morgan fingerprint density at radius 2 is 2.10 bits per heavy atom. The van der Waals surface area contributed by atoms with Gasteiger partial charge in [-0.15, -0.1) is 11.3 Å². The highest BCUT2D eigenvalue weighted by atomic mass is 32.1. The summed E-state index contributed by atoms with van der Waals surface area (Å²) in [4.78, 5) is 21.7. The molecule has 0 unspecified atom stereocenters. The van der Waals surface area contributed by atoms with E-state index >= 15 is 0 Å². The summed E-state index contributed by atoms with van der Waals surface area (Å²) in [6, 6.07) is 6.27. The first-order valence-electron chi connectivity index (χ1n) is 10.2. The fourth-order valence-corrected chi connectivity index (χ4v) is 5.18. The Morgan fingerprint density at radius 3 is 2.80 bits per heavy atom. The second-order valence-electron chi connectivity index (χ2n) is 8.41. The Labute approximate surface area is 179 Å². The summed E-state index contributed by atoms with van der Waals surface area (Å²) in [5.74, 6) is 1.36. The minimum absolute atomic E-state index is 0.0621. The molecular formula is C22H25N5O2S. The SMILES string of the molecule is CCC(C)(C)[C@@H]1CCc2sc3ncnc(N/N=C\c4ccc([N+](=O)[O-])cc4)c3c2C1. The van der Waals surface area contributed by atoms with Gasteiger partial charge < -0.3 is 0 Å². The van der Waals surface area contributed by atoms with E-state index in [1.165, 1.54) is 29.0 Å². The van der Waals surface area contributed by atoms with Crippen LogP contribution >= 0.6 is 11.3 Å². The van der Waals surface area contributed by atoms with Crippen LogP contribution in [0.25, 0.3) is 10.2 Å². The Morgan fingerprint density at radius 1 is 1.33 bits per heavy atom. The molecule has 0 saturated carbocycles. The van der Waals surface area contributed by atoms with Crippen molar-refractivity contribution in [2.75, 3.05) is 5.43 Å². The van der Waals surface area contributed by atoms with Crippen molar-refractivity contribution in [3.05, 3.63) is 56.7 Å². The third kappa shape index (κ3) is 3.92. The Kier molecular flexibility index (Phi) is 5.51. The minimum atomic E-state index is -0.413. The number of aromatic nitrogens is 2. The van der Waals surface area contributed by atoms with E-state index in [4.69, 9.17) is 0 Å². The largest absolute Gasteiger partial charge is 0.269 e. The second-order valence-corrected chi connectivity index (χ2v) is 9.49. The zero-order chi connectivity index (χ0) is 21.3. The summed E-state index contributed by atoms with van der Waals surface area (Å²) in [5.41, 5.74) is 5.58. The fourth-order valence-electron chi connectivity index (χ4n) is 4.00. The lowest BCUT2D eigenvalue weighted by molar-refractivity contribution is -0.384. The molecule has 1 aliphatic carbocycles. The molecule has 156 valence electrons. The summed E-state index contributed by atoms with van der Waals surface area (Å²) in [7, 11) is 0. The zero-order valence-corrected chi connectivity index (χ0v) is 18.2. The van der Waals surface area contributed by atoms with Gasteiger partial charge in [-0.05, 0) is 53.9 Å². The predicted octanol–water partition coefficient (Wildman–Crippen LogP) is 5.59. The van der Waals surface area contributed by atoms with Crippen LogP contribution in [0, 0.1) is 21.4 Å². The molecule has 2 aromatic heterocycles. The zero-order valence-electron chi connectivity index (χ0n) is 17.4. The summed E-state index contributed by atoms with van der Waals surface area (Å²) >= 11 is 1.76. The Bertz CT molecular complexity index is 1100. The van der Waals surface area contributed by atoms with E-state index < -0.39 is 4.92 Å². The third-order valence-electron chi connectivity index (χ3n) is 6.35. The number of nitrogens with zero attached hydrogens (tertiary/aromatic N) is 4. The smallest absolute Gasteiger partial charge is 0.261 e. The molecule has 30 heavy (non-hydrogen) atoms. The molecule has 0 spiro atoms. The maximum absolute atomic E-state index is 10.8. The van der Waals surface area contributed by atoms with E-state index in [9.17, 15) is 10.1 Å². The number of aryl methyl sites for hydroxylation is 1. The van der Waals surface area contributed by atoms with E-state index in [0.717, 1.165) is 35.0 Å². The molecule has 2 heterocycles. The molecule has 0 fully saturated rings. The Balaban J connectivity index is 1.59. The first-order valence-corrected chi connectivity index (χ1v) is 11.0. The molecule has 0 bridgehead atoms. The monoisotopic (exact) mass is 423 g/mol. The molecule has 8 heteroatoms. The van der Waals surface area contributed by atoms with Crippen LogP contribution in [0.1, 0.15) is 49.6 Å². The van der Waals surface area contributed by atoms with Gasteiger partial charge in [-0.25, -0.2) is 9.97 Å². The quantitative estimate of drug-likeness (QED) is 0.317. The number of fused-ring (bicyclic) bond motifs is 3. The number of rotatable bonds is 6. The van der Waals surface area contributed by atoms with Crippen molar-refractivity contribution < 1.29 is 4.92 Å². The van der Waals surface area contributed by atoms with Crippen LogP contribution in [0.4, 0.5) is 11.5 Å². The van der Waals surface area contributed by atoms with Gasteiger partial charge in [-0.2, -0.15) is 5.10 Å². The number of nitro benzene ring substituents is 1. The average molecular weight is 424 g/mol. The maximum atomic E-state index is 10.8. The van der Waals surface area contributed by atoms with Crippen LogP contribution in [0.3, 0.4) is 0 Å². The first kappa shape index (κ1) is 20.4. The van der Waals surface area contributed by atoms with Crippen molar-refractivity contribution in [1.82, 2.24) is 9.97 Å². The van der Waals surface area contributed by atoms with Gasteiger partial charge in [0.2, 0.25) is 0 Å². The molecule has 1 aromatic carbocycles. The number of hydrazone groups is 1. The highest BCUT2D eigenvalue weighted by Gasteiger charge is 2.33. The molecule has 4 rings (SSSR count). The summed E-state index contributed by atoms with van der Waals surface area (Å²) < 4.78 is 0. The molecule has 3 aromatic rings. The highest BCUT2D eigenvalue weighted by molar-refractivity contribution is 7.19. The van der Waals surface area contributed by atoms with Crippen LogP contribution in [0.2, 0.25) is 0 Å². The molecule has 1 N–H and O–H groups in total. The lowest BCUT2D eigenvalue weighted by Crippen LogP contribution is -2.28. The average Bonchev–Trinajstić information content (AvgIpc) is 3.12. The lowest BCUT2D eigenvalue weighted by atomic mass is 9.69. The molecule has 0 saturated heterocycles. The number of non-ortho nitro benzene ring substituents is 1. The van der Waals surface area contributed by atoms with E-state index in [1.54, 1.807) is 36.0 Å². The summed E-state index contributed by atoms with van der Waals surface area (Å²) in [5, 5.41) is 16.2. The molecule has 0 radical (unpaired) electrons. The van der Waals surface area contributed by atoms with Crippen LogP contribution in [-0.4, -0.2) is 21.1 Å². The number of nitro groups is 1. The maximum Gasteiger partial charge on any atom is 0.269 e. The number of hydrogen-bond acceptors (Lipinski definition) is 7. The number of anilines is 1. The minimum Gasteiger partial charge on any atom is -0.261 e. The number of hydrogen-bond donors (Lipinski definition) is 1. The predicted molar refractivity (Wildman–Crippen MR) is 121 cm³/mol. The molecule has 1 aliphatic rings. The van der Waals surface area contributed by atoms with Gasteiger partial charge in [-0.3, -0.25) is 15.5 Å². The van der Waals surface area contributed by atoms with Gasteiger partial charge in [0.05, 0.1) is 16.5 Å².